The average Bonchev–Trinajstić information content (AvgIpc) is 2.42. The summed E-state index contributed by atoms with van der Waals surface area (Å²) in [6.07, 6.45) is 1.43. The number of carbonyl (C=O) groups is 1. The van der Waals surface area contributed by atoms with Crippen molar-refractivity contribution in [3.05, 3.63) is 40.8 Å². The van der Waals surface area contributed by atoms with Gasteiger partial charge in [0.2, 0.25) is 10.0 Å². The lowest BCUT2D eigenvalue weighted by Crippen LogP contribution is -2.29. The first kappa shape index (κ1) is 16.4. The van der Waals surface area contributed by atoms with E-state index >= 15 is 0 Å². The van der Waals surface area contributed by atoms with E-state index in [1.807, 2.05) is 19.1 Å². The molecular weight excluding hydrogens is 282 g/mol. The Bertz CT molecular complexity index is 563. The molecule has 0 bridgehead atoms. The van der Waals surface area contributed by atoms with Gasteiger partial charge in [0.25, 0.3) is 0 Å². The van der Waals surface area contributed by atoms with Gasteiger partial charge in [-0.25, -0.2) is 13.1 Å². The SMILES string of the molecule is Cc1ccc(/C=C/S(=O)(=O)NCC(=O)OCCO)cc1. The van der Waals surface area contributed by atoms with E-state index in [4.69, 9.17) is 5.11 Å². The van der Waals surface area contributed by atoms with E-state index in [0.29, 0.717) is 0 Å². The number of aryl methyl sites for hydroxylation is 1. The molecule has 0 fully saturated rings. The lowest BCUT2D eigenvalue weighted by Gasteiger charge is -2.03. The number of nitrogens with one attached hydrogen (secondary N) is 1. The molecule has 110 valence electrons. The molecule has 0 saturated carbocycles. The highest BCUT2D eigenvalue weighted by atomic mass is 32.2. The van der Waals surface area contributed by atoms with Crippen molar-refractivity contribution in [2.75, 3.05) is 19.8 Å². The molecule has 0 atom stereocenters. The maximum Gasteiger partial charge on any atom is 0.321 e. The van der Waals surface area contributed by atoms with Gasteiger partial charge in [-0.15, -0.1) is 0 Å². The highest BCUT2D eigenvalue weighted by molar-refractivity contribution is 7.92. The number of hydrogen-bond donors (Lipinski definition) is 2. The number of aliphatic hydroxyl groups excluding tert-OH is 1. The summed E-state index contributed by atoms with van der Waals surface area (Å²) in [6, 6.07) is 7.31. The number of hydrogen-bond acceptors (Lipinski definition) is 5. The standard InChI is InChI=1S/C13H17NO5S/c1-11-2-4-12(5-3-11)6-9-20(17,18)14-10-13(16)19-8-7-15/h2-6,9,14-15H,7-8,10H2,1H3/b9-6+. The molecule has 0 heterocycles. The maximum atomic E-state index is 11.6. The lowest BCUT2D eigenvalue weighted by atomic mass is 10.2. The summed E-state index contributed by atoms with van der Waals surface area (Å²) < 4.78 is 29.8. The van der Waals surface area contributed by atoms with Gasteiger partial charge in [0.05, 0.1) is 6.61 Å². The van der Waals surface area contributed by atoms with Crippen LogP contribution in [0.4, 0.5) is 0 Å². The summed E-state index contributed by atoms with van der Waals surface area (Å²) in [5, 5.41) is 9.43. The van der Waals surface area contributed by atoms with Crippen molar-refractivity contribution in [1.29, 1.82) is 0 Å². The summed E-state index contributed by atoms with van der Waals surface area (Å²) >= 11 is 0. The molecular formula is C13H17NO5S. The van der Waals surface area contributed by atoms with Crippen LogP contribution in [-0.2, 0) is 19.6 Å². The van der Waals surface area contributed by atoms with Gasteiger partial charge in [-0.2, -0.15) is 0 Å². The van der Waals surface area contributed by atoms with Gasteiger partial charge >= 0.3 is 5.97 Å². The predicted molar refractivity (Wildman–Crippen MR) is 75.2 cm³/mol. The Balaban J connectivity index is 2.52. The second kappa shape index (κ2) is 7.78. The molecule has 0 saturated heterocycles. The van der Waals surface area contributed by atoms with Crippen LogP contribution in [0.15, 0.2) is 29.7 Å². The molecule has 1 aromatic carbocycles. The lowest BCUT2D eigenvalue weighted by molar-refractivity contribution is -0.143. The van der Waals surface area contributed by atoms with Crippen LogP contribution in [0, 0.1) is 6.92 Å². The number of benzene rings is 1. The number of aliphatic hydroxyl groups is 1. The summed E-state index contributed by atoms with van der Waals surface area (Å²) in [6.45, 7) is 1.01. The third-order valence-corrected chi connectivity index (χ3v) is 3.33. The quantitative estimate of drug-likeness (QED) is 0.712. The zero-order valence-corrected chi connectivity index (χ0v) is 11.9. The van der Waals surface area contributed by atoms with E-state index in [1.54, 1.807) is 12.1 Å². The molecule has 7 heteroatoms. The minimum absolute atomic E-state index is 0.153. The first-order valence-corrected chi connectivity index (χ1v) is 7.48. The number of sulfonamides is 1. The van der Waals surface area contributed by atoms with Crippen LogP contribution in [0.1, 0.15) is 11.1 Å². The third-order valence-electron chi connectivity index (χ3n) is 2.29. The molecule has 6 nitrogen and oxygen atoms in total. The van der Waals surface area contributed by atoms with Crippen molar-refractivity contribution in [2.45, 2.75) is 6.92 Å². The first-order valence-electron chi connectivity index (χ1n) is 5.94. The zero-order chi connectivity index (χ0) is 15.0. The number of ether oxygens (including phenoxy) is 1. The van der Waals surface area contributed by atoms with Gasteiger partial charge in [-0.05, 0) is 18.6 Å². The van der Waals surface area contributed by atoms with Crippen LogP contribution in [0.3, 0.4) is 0 Å². The molecule has 1 rings (SSSR count). The van der Waals surface area contributed by atoms with E-state index in [2.05, 4.69) is 9.46 Å². The van der Waals surface area contributed by atoms with E-state index in [9.17, 15) is 13.2 Å². The normalized spacial score (nSPS) is 11.7. The molecule has 0 spiro atoms. The molecule has 1 aromatic rings. The topological polar surface area (TPSA) is 92.7 Å². The van der Waals surface area contributed by atoms with E-state index in [-0.39, 0.29) is 13.2 Å². The fourth-order valence-corrected chi connectivity index (χ4v) is 2.02. The van der Waals surface area contributed by atoms with E-state index < -0.39 is 22.5 Å². The Kier molecular flexibility index (Phi) is 6.37. The molecule has 20 heavy (non-hydrogen) atoms. The average molecular weight is 299 g/mol. The van der Waals surface area contributed by atoms with Crippen molar-refractivity contribution in [1.82, 2.24) is 4.72 Å². The second-order valence-corrected chi connectivity index (χ2v) is 5.67. The van der Waals surface area contributed by atoms with Gasteiger partial charge in [-0.3, -0.25) is 4.79 Å². The largest absolute Gasteiger partial charge is 0.462 e. The fraction of sp³-hybridized carbons (Fsp3) is 0.308. The van der Waals surface area contributed by atoms with E-state index in [1.165, 1.54) is 6.08 Å². The van der Waals surface area contributed by atoms with Crippen molar-refractivity contribution in [3.63, 3.8) is 0 Å². The Morgan fingerprint density at radius 3 is 2.60 bits per heavy atom. The van der Waals surface area contributed by atoms with Gasteiger partial charge in [0.15, 0.2) is 0 Å². The van der Waals surface area contributed by atoms with Crippen molar-refractivity contribution < 1.29 is 23.1 Å². The number of rotatable bonds is 7. The second-order valence-electron chi connectivity index (χ2n) is 4.02. The Morgan fingerprint density at radius 1 is 1.35 bits per heavy atom. The minimum atomic E-state index is -3.70. The summed E-state index contributed by atoms with van der Waals surface area (Å²) in [7, 11) is -3.70. The smallest absolute Gasteiger partial charge is 0.321 e. The Morgan fingerprint density at radius 2 is 2.00 bits per heavy atom. The summed E-state index contributed by atoms with van der Waals surface area (Å²) in [5.74, 6) is -0.744. The van der Waals surface area contributed by atoms with Crippen molar-refractivity contribution in [2.24, 2.45) is 0 Å². The van der Waals surface area contributed by atoms with Crippen LogP contribution in [0.25, 0.3) is 6.08 Å². The first-order chi connectivity index (χ1) is 9.43. The van der Waals surface area contributed by atoms with E-state index in [0.717, 1.165) is 16.5 Å². The van der Waals surface area contributed by atoms with Gasteiger partial charge < -0.3 is 9.84 Å². The Labute approximate surface area is 118 Å². The molecule has 0 radical (unpaired) electrons. The predicted octanol–water partition coefficient (Wildman–Crippen LogP) is 0.421. The highest BCUT2D eigenvalue weighted by Gasteiger charge is 2.09. The number of carbonyl (C=O) groups excluding carboxylic acids is 1. The van der Waals surface area contributed by atoms with Crippen LogP contribution >= 0.6 is 0 Å². The summed E-state index contributed by atoms with van der Waals surface area (Å²) in [5.41, 5.74) is 1.82. The number of esters is 1. The molecule has 0 aliphatic heterocycles. The molecule has 2 N–H and O–H groups in total. The monoisotopic (exact) mass is 299 g/mol. The molecule has 0 amide bonds. The maximum absolute atomic E-state index is 11.6. The van der Waals surface area contributed by atoms with Gasteiger partial charge in [0, 0.05) is 5.41 Å². The van der Waals surface area contributed by atoms with Crippen LogP contribution < -0.4 is 4.72 Å². The Hall–Kier alpha value is -1.70. The molecule has 0 unspecified atom stereocenters. The zero-order valence-electron chi connectivity index (χ0n) is 11.1. The molecule has 0 aliphatic carbocycles. The minimum Gasteiger partial charge on any atom is -0.462 e. The van der Waals surface area contributed by atoms with Gasteiger partial charge in [-0.1, -0.05) is 29.8 Å². The van der Waals surface area contributed by atoms with Crippen LogP contribution in [-0.4, -0.2) is 39.3 Å². The fourth-order valence-electron chi connectivity index (χ4n) is 1.26. The third kappa shape index (κ3) is 6.46. The van der Waals surface area contributed by atoms with Crippen molar-refractivity contribution >= 4 is 22.1 Å². The van der Waals surface area contributed by atoms with Crippen molar-refractivity contribution in [3.8, 4) is 0 Å². The van der Waals surface area contributed by atoms with Gasteiger partial charge in [0.1, 0.15) is 13.2 Å². The highest BCUT2D eigenvalue weighted by Crippen LogP contribution is 2.05. The summed E-state index contributed by atoms with van der Waals surface area (Å²) in [4.78, 5) is 11.1. The molecule has 0 aromatic heterocycles. The van der Waals surface area contributed by atoms with Crippen LogP contribution in [0.2, 0.25) is 0 Å². The van der Waals surface area contributed by atoms with Crippen LogP contribution in [0.5, 0.6) is 0 Å². The molecule has 0 aliphatic rings.